The van der Waals surface area contributed by atoms with Gasteiger partial charge in [0, 0.05) is 5.69 Å². The number of hydrogen-bond donors (Lipinski definition) is 2. The van der Waals surface area contributed by atoms with Crippen LogP contribution < -0.4 is 11.1 Å². The summed E-state index contributed by atoms with van der Waals surface area (Å²) in [4.78, 5) is 11.2. The molecule has 1 aromatic carbocycles. The van der Waals surface area contributed by atoms with Gasteiger partial charge < -0.3 is 11.1 Å². The number of carbonyl (C=O) groups is 1. The van der Waals surface area contributed by atoms with Gasteiger partial charge in [-0.2, -0.15) is 0 Å². The molecule has 0 heterocycles. The Bertz CT molecular complexity index is 350. The molecule has 1 amide bonds. The molecule has 0 unspecified atom stereocenters. The van der Waals surface area contributed by atoms with Crippen LogP contribution in [-0.2, 0) is 4.79 Å². The van der Waals surface area contributed by atoms with Gasteiger partial charge >= 0.3 is 0 Å². The number of benzene rings is 1. The fraction of sp³-hybridized carbons (Fsp3) is 0.300. The van der Waals surface area contributed by atoms with Gasteiger partial charge in [-0.1, -0.05) is 0 Å². The Kier molecular flexibility index (Phi) is 3.19. The molecule has 3 N–H and O–H groups in total. The third-order valence-electron chi connectivity index (χ3n) is 1.84. The molecule has 0 radical (unpaired) electrons. The van der Waals surface area contributed by atoms with Crippen LogP contribution in [0.2, 0.25) is 0 Å². The van der Waals surface area contributed by atoms with Crippen LogP contribution in [0.15, 0.2) is 18.2 Å². The summed E-state index contributed by atoms with van der Waals surface area (Å²) in [5.74, 6) is -0.570. The van der Waals surface area contributed by atoms with Crippen molar-refractivity contribution in [2.24, 2.45) is 5.73 Å². The highest BCUT2D eigenvalue weighted by atomic mass is 19.1. The van der Waals surface area contributed by atoms with Crippen LogP contribution in [0, 0.1) is 12.7 Å². The topological polar surface area (TPSA) is 55.1 Å². The van der Waals surface area contributed by atoms with E-state index in [0.29, 0.717) is 11.3 Å². The maximum absolute atomic E-state index is 12.9. The van der Waals surface area contributed by atoms with Crippen molar-refractivity contribution in [2.45, 2.75) is 19.9 Å². The Hall–Kier alpha value is -1.42. The lowest BCUT2D eigenvalue weighted by Crippen LogP contribution is -2.32. The molecule has 0 saturated heterocycles. The lowest BCUT2D eigenvalue weighted by molar-refractivity contribution is -0.117. The predicted octanol–water partition coefficient (Wildman–Crippen LogP) is 1.42. The standard InChI is InChI=1S/C10H13FN2O/c1-6-5-8(3-4-9(6)11)13-10(14)7(2)12/h3-5,7H,12H2,1-2H3,(H,13,14)/t7-/m1/s1. The van der Waals surface area contributed by atoms with Gasteiger partial charge in [-0.15, -0.1) is 0 Å². The Morgan fingerprint density at radius 2 is 2.21 bits per heavy atom. The van der Waals surface area contributed by atoms with E-state index in [2.05, 4.69) is 5.32 Å². The van der Waals surface area contributed by atoms with E-state index in [9.17, 15) is 9.18 Å². The SMILES string of the molecule is Cc1cc(NC(=O)[C@@H](C)N)ccc1F. The molecule has 0 aliphatic carbocycles. The van der Waals surface area contributed by atoms with Crippen molar-refractivity contribution in [3.05, 3.63) is 29.6 Å². The second-order valence-electron chi connectivity index (χ2n) is 3.24. The monoisotopic (exact) mass is 196 g/mol. The quantitative estimate of drug-likeness (QED) is 0.751. The Morgan fingerprint density at radius 3 is 2.71 bits per heavy atom. The molecule has 0 fully saturated rings. The molecule has 1 aromatic rings. The summed E-state index contributed by atoms with van der Waals surface area (Å²) in [7, 11) is 0. The molecule has 0 aromatic heterocycles. The van der Waals surface area contributed by atoms with Crippen molar-refractivity contribution in [1.29, 1.82) is 0 Å². The van der Waals surface area contributed by atoms with Gasteiger partial charge in [-0.3, -0.25) is 4.79 Å². The van der Waals surface area contributed by atoms with Gasteiger partial charge in [0.05, 0.1) is 6.04 Å². The Balaban J connectivity index is 2.78. The summed E-state index contributed by atoms with van der Waals surface area (Å²) in [6, 6.07) is 3.81. The fourth-order valence-electron chi connectivity index (χ4n) is 0.979. The third kappa shape index (κ3) is 2.53. The second-order valence-corrected chi connectivity index (χ2v) is 3.24. The highest BCUT2D eigenvalue weighted by molar-refractivity contribution is 5.94. The van der Waals surface area contributed by atoms with E-state index < -0.39 is 6.04 Å². The van der Waals surface area contributed by atoms with Crippen LogP contribution in [0.25, 0.3) is 0 Å². The number of nitrogens with two attached hydrogens (primary N) is 1. The number of nitrogens with one attached hydrogen (secondary N) is 1. The van der Waals surface area contributed by atoms with Gasteiger partial charge in [0.25, 0.3) is 0 Å². The first-order valence-corrected chi connectivity index (χ1v) is 4.33. The van der Waals surface area contributed by atoms with E-state index in [1.54, 1.807) is 19.9 Å². The van der Waals surface area contributed by atoms with Crippen LogP contribution in [0.3, 0.4) is 0 Å². The van der Waals surface area contributed by atoms with Crippen LogP contribution in [0.1, 0.15) is 12.5 Å². The van der Waals surface area contributed by atoms with Crippen molar-refractivity contribution in [2.75, 3.05) is 5.32 Å². The lowest BCUT2D eigenvalue weighted by atomic mass is 10.2. The highest BCUT2D eigenvalue weighted by Gasteiger charge is 2.07. The van der Waals surface area contributed by atoms with Crippen molar-refractivity contribution in [3.8, 4) is 0 Å². The maximum atomic E-state index is 12.9. The van der Waals surface area contributed by atoms with E-state index in [0.717, 1.165) is 0 Å². The summed E-state index contributed by atoms with van der Waals surface area (Å²) in [6.07, 6.45) is 0. The minimum absolute atomic E-state index is 0.281. The first-order chi connectivity index (χ1) is 6.50. The van der Waals surface area contributed by atoms with Crippen LogP contribution >= 0.6 is 0 Å². The smallest absolute Gasteiger partial charge is 0.240 e. The summed E-state index contributed by atoms with van der Waals surface area (Å²) >= 11 is 0. The zero-order valence-corrected chi connectivity index (χ0v) is 8.17. The number of halogens is 1. The molecule has 4 heteroatoms. The first kappa shape index (κ1) is 10.7. The fourth-order valence-corrected chi connectivity index (χ4v) is 0.979. The largest absolute Gasteiger partial charge is 0.325 e. The molecule has 0 aliphatic heterocycles. The molecule has 14 heavy (non-hydrogen) atoms. The molecule has 1 rings (SSSR count). The van der Waals surface area contributed by atoms with Crippen LogP contribution in [0.5, 0.6) is 0 Å². The molecule has 1 atom stereocenters. The number of aryl methyl sites for hydroxylation is 1. The second kappa shape index (κ2) is 4.19. The molecule has 3 nitrogen and oxygen atoms in total. The summed E-state index contributed by atoms with van der Waals surface area (Å²) in [5.41, 5.74) is 6.42. The maximum Gasteiger partial charge on any atom is 0.240 e. The van der Waals surface area contributed by atoms with Crippen molar-refractivity contribution in [1.82, 2.24) is 0 Å². The minimum Gasteiger partial charge on any atom is -0.325 e. The summed E-state index contributed by atoms with van der Waals surface area (Å²) in [6.45, 7) is 3.22. The number of carbonyl (C=O) groups excluding carboxylic acids is 1. The zero-order valence-electron chi connectivity index (χ0n) is 8.17. The number of rotatable bonds is 2. The number of anilines is 1. The Labute approximate surface area is 82.1 Å². The summed E-state index contributed by atoms with van der Waals surface area (Å²) < 4.78 is 12.9. The van der Waals surface area contributed by atoms with Crippen molar-refractivity contribution < 1.29 is 9.18 Å². The molecule has 0 saturated carbocycles. The number of hydrogen-bond acceptors (Lipinski definition) is 2. The van der Waals surface area contributed by atoms with E-state index >= 15 is 0 Å². The minimum atomic E-state index is -0.569. The normalized spacial score (nSPS) is 12.3. The molecule has 76 valence electrons. The average molecular weight is 196 g/mol. The van der Waals surface area contributed by atoms with Gasteiger partial charge in [0.1, 0.15) is 5.82 Å². The van der Waals surface area contributed by atoms with Gasteiger partial charge in [0.2, 0.25) is 5.91 Å². The third-order valence-corrected chi connectivity index (χ3v) is 1.84. The molecular formula is C10H13FN2O. The molecule has 0 spiro atoms. The van der Waals surface area contributed by atoms with E-state index in [-0.39, 0.29) is 11.7 Å². The lowest BCUT2D eigenvalue weighted by Gasteiger charge is -2.08. The van der Waals surface area contributed by atoms with Crippen LogP contribution in [-0.4, -0.2) is 11.9 Å². The highest BCUT2D eigenvalue weighted by Crippen LogP contribution is 2.13. The summed E-state index contributed by atoms with van der Waals surface area (Å²) in [5, 5.41) is 2.58. The van der Waals surface area contributed by atoms with E-state index in [1.807, 2.05) is 0 Å². The van der Waals surface area contributed by atoms with Crippen molar-refractivity contribution >= 4 is 11.6 Å². The molecule has 0 bridgehead atoms. The number of amides is 1. The van der Waals surface area contributed by atoms with Gasteiger partial charge in [0.15, 0.2) is 0 Å². The first-order valence-electron chi connectivity index (χ1n) is 4.33. The van der Waals surface area contributed by atoms with Gasteiger partial charge in [-0.25, -0.2) is 4.39 Å². The van der Waals surface area contributed by atoms with Crippen molar-refractivity contribution in [3.63, 3.8) is 0 Å². The van der Waals surface area contributed by atoms with E-state index in [4.69, 9.17) is 5.73 Å². The predicted molar refractivity (Wildman–Crippen MR) is 53.4 cm³/mol. The Morgan fingerprint density at radius 1 is 1.57 bits per heavy atom. The molecular weight excluding hydrogens is 183 g/mol. The zero-order chi connectivity index (χ0) is 10.7. The average Bonchev–Trinajstić information content (AvgIpc) is 2.11. The van der Waals surface area contributed by atoms with Crippen LogP contribution in [0.4, 0.5) is 10.1 Å². The van der Waals surface area contributed by atoms with Gasteiger partial charge in [-0.05, 0) is 37.6 Å². The van der Waals surface area contributed by atoms with E-state index in [1.165, 1.54) is 12.1 Å². The molecule has 0 aliphatic rings.